The third-order valence-corrected chi connectivity index (χ3v) is 2.30. The Balaban J connectivity index is 2.69. The molecular formula is C9H17N3. The van der Waals surface area contributed by atoms with Crippen molar-refractivity contribution in [1.29, 1.82) is 0 Å². The van der Waals surface area contributed by atoms with E-state index in [2.05, 4.69) is 23.4 Å². The summed E-state index contributed by atoms with van der Waals surface area (Å²) in [6.45, 7) is 7.07. The molecular weight excluding hydrogens is 150 g/mol. The minimum absolute atomic E-state index is 0.247. The predicted molar refractivity (Wildman–Crippen MR) is 50.0 cm³/mol. The van der Waals surface area contributed by atoms with Gasteiger partial charge in [0.2, 0.25) is 0 Å². The van der Waals surface area contributed by atoms with Crippen LogP contribution in [0.1, 0.15) is 24.7 Å². The van der Waals surface area contributed by atoms with Gasteiger partial charge >= 0.3 is 0 Å². The molecule has 0 spiro atoms. The monoisotopic (exact) mass is 167 g/mol. The predicted octanol–water partition coefficient (Wildman–Crippen LogP) is 1.24. The Morgan fingerprint density at radius 1 is 1.58 bits per heavy atom. The first-order valence-corrected chi connectivity index (χ1v) is 4.39. The molecule has 1 heterocycles. The van der Waals surface area contributed by atoms with E-state index in [1.54, 1.807) is 0 Å². The first kappa shape index (κ1) is 9.26. The van der Waals surface area contributed by atoms with Crippen LogP contribution in [0.5, 0.6) is 0 Å². The molecule has 1 aromatic heterocycles. The normalized spacial score (nSPS) is 13.3. The zero-order valence-electron chi connectivity index (χ0n) is 8.04. The molecule has 0 aliphatic heterocycles. The van der Waals surface area contributed by atoms with Crippen LogP contribution < -0.4 is 5.73 Å². The van der Waals surface area contributed by atoms with Gasteiger partial charge in [-0.2, -0.15) is 0 Å². The average Bonchev–Trinajstić information content (AvgIpc) is 2.36. The molecule has 12 heavy (non-hydrogen) atoms. The topological polar surface area (TPSA) is 43.8 Å². The Morgan fingerprint density at radius 3 is 2.67 bits per heavy atom. The molecule has 0 aliphatic carbocycles. The highest BCUT2D eigenvalue weighted by Crippen LogP contribution is 2.05. The van der Waals surface area contributed by atoms with Crippen LogP contribution in [0, 0.1) is 13.8 Å². The first-order valence-electron chi connectivity index (χ1n) is 4.39. The molecule has 0 saturated heterocycles. The molecule has 1 aromatic rings. The number of aromatic nitrogens is 2. The van der Waals surface area contributed by atoms with Crippen molar-refractivity contribution in [1.82, 2.24) is 9.55 Å². The summed E-state index contributed by atoms with van der Waals surface area (Å²) < 4.78 is 2.11. The van der Waals surface area contributed by atoms with Gasteiger partial charge in [-0.15, -0.1) is 0 Å². The summed E-state index contributed by atoms with van der Waals surface area (Å²) in [5.74, 6) is 0. The van der Waals surface area contributed by atoms with Gasteiger partial charge < -0.3 is 10.3 Å². The second-order valence-electron chi connectivity index (χ2n) is 3.24. The first-order chi connectivity index (χ1) is 5.65. The fourth-order valence-corrected chi connectivity index (χ4v) is 1.11. The molecule has 68 valence electrons. The summed E-state index contributed by atoms with van der Waals surface area (Å²) >= 11 is 0. The van der Waals surface area contributed by atoms with Crippen LogP contribution >= 0.6 is 0 Å². The van der Waals surface area contributed by atoms with Gasteiger partial charge in [0.05, 0.1) is 12.0 Å². The molecule has 1 rings (SSSR count). The third-order valence-electron chi connectivity index (χ3n) is 2.30. The maximum absolute atomic E-state index is 5.83. The lowest BCUT2D eigenvalue weighted by Crippen LogP contribution is -2.25. The van der Waals surface area contributed by atoms with E-state index in [0.29, 0.717) is 0 Å². The van der Waals surface area contributed by atoms with Crippen LogP contribution in [-0.4, -0.2) is 15.6 Å². The highest BCUT2D eigenvalue weighted by Gasteiger charge is 2.04. The number of nitrogens with two attached hydrogens (primary N) is 1. The van der Waals surface area contributed by atoms with Crippen LogP contribution in [0.4, 0.5) is 0 Å². The van der Waals surface area contributed by atoms with E-state index in [1.807, 2.05) is 13.3 Å². The Morgan fingerprint density at radius 2 is 2.25 bits per heavy atom. The number of hydrogen-bond acceptors (Lipinski definition) is 2. The summed E-state index contributed by atoms with van der Waals surface area (Å²) in [7, 11) is 0. The van der Waals surface area contributed by atoms with Crippen LogP contribution in [0.2, 0.25) is 0 Å². The number of nitrogens with zero attached hydrogens (tertiary/aromatic N) is 2. The summed E-state index contributed by atoms with van der Waals surface area (Å²) in [4.78, 5) is 4.21. The molecule has 0 radical (unpaired) electrons. The molecule has 3 heteroatoms. The maximum Gasteiger partial charge on any atom is 0.0951 e. The van der Waals surface area contributed by atoms with Crippen molar-refractivity contribution in [2.24, 2.45) is 5.73 Å². The highest BCUT2D eigenvalue weighted by atomic mass is 15.1. The Labute approximate surface area is 73.6 Å². The van der Waals surface area contributed by atoms with E-state index >= 15 is 0 Å². The quantitative estimate of drug-likeness (QED) is 0.736. The number of hydrogen-bond donors (Lipinski definition) is 1. The average molecular weight is 167 g/mol. The minimum Gasteiger partial charge on any atom is -0.333 e. The molecule has 0 aromatic carbocycles. The molecule has 3 nitrogen and oxygen atoms in total. The van der Waals surface area contributed by atoms with E-state index in [1.165, 1.54) is 5.69 Å². The zero-order chi connectivity index (χ0) is 9.14. The Hall–Kier alpha value is -0.830. The SMILES string of the molecule is CCC(N)Cn1cnc(C)c1C. The molecule has 2 N–H and O–H groups in total. The van der Waals surface area contributed by atoms with Gasteiger partial charge in [-0.1, -0.05) is 6.92 Å². The molecule has 1 unspecified atom stereocenters. The lowest BCUT2D eigenvalue weighted by Gasteiger charge is -2.10. The molecule has 0 saturated carbocycles. The molecule has 0 amide bonds. The summed E-state index contributed by atoms with van der Waals surface area (Å²) in [6.07, 6.45) is 2.87. The van der Waals surface area contributed by atoms with E-state index < -0.39 is 0 Å². The van der Waals surface area contributed by atoms with Gasteiger partial charge in [-0.25, -0.2) is 4.98 Å². The van der Waals surface area contributed by atoms with E-state index in [9.17, 15) is 0 Å². The lowest BCUT2D eigenvalue weighted by atomic mass is 10.2. The van der Waals surface area contributed by atoms with Gasteiger partial charge in [0, 0.05) is 18.3 Å². The Kier molecular flexibility index (Phi) is 2.87. The van der Waals surface area contributed by atoms with Gasteiger partial charge in [0.15, 0.2) is 0 Å². The third kappa shape index (κ3) is 1.85. The van der Waals surface area contributed by atoms with E-state index in [0.717, 1.165) is 18.7 Å². The highest BCUT2D eigenvalue weighted by molar-refractivity contribution is 5.08. The second-order valence-corrected chi connectivity index (χ2v) is 3.24. The van der Waals surface area contributed by atoms with Gasteiger partial charge in [0.1, 0.15) is 0 Å². The molecule has 0 aliphatic rings. The van der Waals surface area contributed by atoms with E-state index in [-0.39, 0.29) is 6.04 Å². The molecule has 0 fully saturated rings. The molecule has 1 atom stereocenters. The summed E-state index contributed by atoms with van der Waals surface area (Å²) in [5, 5.41) is 0. The van der Waals surface area contributed by atoms with Crippen molar-refractivity contribution in [2.75, 3.05) is 0 Å². The van der Waals surface area contributed by atoms with Crippen LogP contribution in [0.25, 0.3) is 0 Å². The molecule has 0 bridgehead atoms. The fraction of sp³-hybridized carbons (Fsp3) is 0.667. The fourth-order valence-electron chi connectivity index (χ4n) is 1.11. The van der Waals surface area contributed by atoms with Crippen molar-refractivity contribution < 1.29 is 0 Å². The summed E-state index contributed by atoms with van der Waals surface area (Å²) in [6, 6.07) is 0.247. The van der Waals surface area contributed by atoms with Crippen molar-refractivity contribution in [3.63, 3.8) is 0 Å². The van der Waals surface area contributed by atoms with Crippen LogP contribution in [0.15, 0.2) is 6.33 Å². The number of rotatable bonds is 3. The largest absolute Gasteiger partial charge is 0.333 e. The van der Waals surface area contributed by atoms with Gasteiger partial charge in [-0.05, 0) is 20.3 Å². The van der Waals surface area contributed by atoms with Crippen molar-refractivity contribution in [2.45, 2.75) is 39.8 Å². The minimum atomic E-state index is 0.247. The summed E-state index contributed by atoms with van der Waals surface area (Å²) in [5.41, 5.74) is 8.15. The van der Waals surface area contributed by atoms with Gasteiger partial charge in [0.25, 0.3) is 0 Å². The second kappa shape index (κ2) is 3.72. The van der Waals surface area contributed by atoms with Crippen LogP contribution in [0.3, 0.4) is 0 Å². The lowest BCUT2D eigenvalue weighted by molar-refractivity contribution is 0.531. The van der Waals surface area contributed by atoms with Gasteiger partial charge in [-0.3, -0.25) is 0 Å². The number of aryl methyl sites for hydroxylation is 1. The van der Waals surface area contributed by atoms with Crippen molar-refractivity contribution in [3.8, 4) is 0 Å². The maximum atomic E-state index is 5.83. The van der Waals surface area contributed by atoms with Crippen molar-refractivity contribution >= 4 is 0 Å². The van der Waals surface area contributed by atoms with Crippen LogP contribution in [-0.2, 0) is 6.54 Å². The Bertz CT molecular complexity index is 252. The van der Waals surface area contributed by atoms with E-state index in [4.69, 9.17) is 5.73 Å². The standard InChI is InChI=1S/C9H17N3/c1-4-9(10)5-12-6-11-7(2)8(12)3/h6,9H,4-5,10H2,1-3H3. The van der Waals surface area contributed by atoms with Crippen molar-refractivity contribution in [3.05, 3.63) is 17.7 Å². The smallest absolute Gasteiger partial charge is 0.0951 e. The zero-order valence-corrected chi connectivity index (χ0v) is 8.04. The number of imidazole rings is 1.